The second-order valence-corrected chi connectivity index (χ2v) is 9.45. The monoisotopic (exact) mass is 492 g/mol. The normalized spacial score (nSPS) is 33.5. The van der Waals surface area contributed by atoms with Crippen molar-refractivity contribution < 1.29 is 49.0 Å². The third-order valence-electron chi connectivity index (χ3n) is 6.99. The van der Waals surface area contributed by atoms with E-state index in [1.165, 1.54) is 13.8 Å². The maximum atomic E-state index is 12.1. The van der Waals surface area contributed by atoms with Gasteiger partial charge in [-0.05, 0) is 30.9 Å². The Labute approximate surface area is 203 Å². The standard InChI is InChI=1S/C25H32O10/c1-14(20(33-17(4)26)15(2)12-18-8-6-5-7-9-18)10-11-24-19(27)13-23(35-24,21(28)29)25(32,22(30)31)16(3)34-24/h5-9,15-16,19-20,27,32H,1,10-13H2,2-4H3,(H,28,29)(H,30,31)/t15-,16?,19-,20-,23?,24?,25?/m1/s1. The van der Waals surface area contributed by atoms with Crippen molar-refractivity contribution >= 4 is 17.9 Å². The summed E-state index contributed by atoms with van der Waals surface area (Å²) in [7, 11) is 0. The predicted molar refractivity (Wildman–Crippen MR) is 121 cm³/mol. The Morgan fingerprint density at radius 3 is 2.37 bits per heavy atom. The zero-order valence-corrected chi connectivity index (χ0v) is 20.0. The minimum Gasteiger partial charge on any atom is -0.479 e. The Morgan fingerprint density at radius 2 is 1.83 bits per heavy atom. The van der Waals surface area contributed by atoms with Crippen LogP contribution in [0.25, 0.3) is 0 Å². The summed E-state index contributed by atoms with van der Waals surface area (Å²) < 4.78 is 16.8. The molecule has 2 heterocycles. The van der Waals surface area contributed by atoms with E-state index >= 15 is 0 Å². The van der Waals surface area contributed by atoms with Gasteiger partial charge >= 0.3 is 17.9 Å². The minimum absolute atomic E-state index is 0.0993. The van der Waals surface area contributed by atoms with E-state index in [-0.39, 0.29) is 18.8 Å². The highest BCUT2D eigenvalue weighted by Crippen LogP contribution is 2.54. The number of benzene rings is 1. The van der Waals surface area contributed by atoms with E-state index in [2.05, 4.69) is 6.58 Å². The molecule has 2 bridgehead atoms. The number of carbonyl (C=O) groups excluding carboxylic acids is 1. The second kappa shape index (κ2) is 9.69. The van der Waals surface area contributed by atoms with Crippen molar-refractivity contribution in [1.82, 2.24) is 0 Å². The fourth-order valence-electron chi connectivity index (χ4n) is 5.15. The molecule has 0 aliphatic carbocycles. The molecule has 0 aromatic heterocycles. The summed E-state index contributed by atoms with van der Waals surface area (Å²) in [6, 6.07) is 9.63. The highest BCUT2D eigenvalue weighted by Gasteiger charge is 2.78. The van der Waals surface area contributed by atoms with Crippen LogP contribution in [0.3, 0.4) is 0 Å². The van der Waals surface area contributed by atoms with E-state index in [1.54, 1.807) is 0 Å². The lowest BCUT2D eigenvalue weighted by Crippen LogP contribution is -2.73. The maximum absolute atomic E-state index is 12.1. The lowest BCUT2D eigenvalue weighted by Gasteiger charge is -2.49. The first-order valence-corrected chi connectivity index (χ1v) is 11.4. The summed E-state index contributed by atoms with van der Waals surface area (Å²) in [5.41, 5.74) is -3.98. The third-order valence-corrected chi connectivity index (χ3v) is 6.99. The first kappa shape index (κ1) is 26.8. The molecule has 10 nitrogen and oxygen atoms in total. The summed E-state index contributed by atoms with van der Waals surface area (Å²) >= 11 is 0. The lowest BCUT2D eigenvalue weighted by atomic mass is 9.77. The van der Waals surface area contributed by atoms with Crippen LogP contribution >= 0.6 is 0 Å². The lowest BCUT2D eigenvalue weighted by molar-refractivity contribution is -0.374. The Hall–Kier alpha value is -2.79. The molecule has 10 heteroatoms. The molecule has 7 atom stereocenters. The maximum Gasteiger partial charge on any atom is 0.342 e. The number of hydrogen-bond donors (Lipinski definition) is 4. The van der Waals surface area contributed by atoms with Gasteiger partial charge in [-0.2, -0.15) is 0 Å². The van der Waals surface area contributed by atoms with Crippen LogP contribution in [0.4, 0.5) is 0 Å². The molecule has 0 spiro atoms. The van der Waals surface area contributed by atoms with Crippen molar-refractivity contribution in [3.63, 3.8) is 0 Å². The molecule has 1 aromatic carbocycles. The molecule has 4 unspecified atom stereocenters. The smallest absolute Gasteiger partial charge is 0.342 e. The molecule has 1 aromatic rings. The van der Waals surface area contributed by atoms with Crippen molar-refractivity contribution in [2.75, 3.05) is 0 Å². The predicted octanol–water partition coefficient (Wildman–Crippen LogP) is 1.67. The molecular weight excluding hydrogens is 460 g/mol. The number of fused-ring (bicyclic) bond motifs is 2. The Balaban J connectivity index is 1.81. The van der Waals surface area contributed by atoms with E-state index in [4.69, 9.17) is 14.2 Å². The van der Waals surface area contributed by atoms with Gasteiger partial charge in [0.1, 0.15) is 18.3 Å². The molecule has 2 saturated heterocycles. The van der Waals surface area contributed by atoms with E-state index in [0.29, 0.717) is 12.0 Å². The number of aliphatic carboxylic acids is 2. The van der Waals surface area contributed by atoms with Crippen molar-refractivity contribution in [1.29, 1.82) is 0 Å². The third kappa shape index (κ3) is 4.58. The molecule has 3 rings (SSSR count). The second-order valence-electron chi connectivity index (χ2n) is 9.45. The largest absolute Gasteiger partial charge is 0.479 e. The zero-order valence-electron chi connectivity index (χ0n) is 20.0. The first-order valence-electron chi connectivity index (χ1n) is 11.4. The number of hydrogen-bond acceptors (Lipinski definition) is 8. The van der Waals surface area contributed by atoms with Crippen LogP contribution in [-0.4, -0.2) is 73.6 Å². The van der Waals surface area contributed by atoms with Crippen molar-refractivity contribution in [3.8, 4) is 0 Å². The van der Waals surface area contributed by atoms with Crippen LogP contribution in [0.2, 0.25) is 0 Å². The molecule has 2 fully saturated rings. The van der Waals surface area contributed by atoms with Crippen LogP contribution < -0.4 is 0 Å². The molecule has 0 radical (unpaired) electrons. The summed E-state index contributed by atoms with van der Waals surface area (Å²) in [6.45, 7) is 8.48. The van der Waals surface area contributed by atoms with Crippen LogP contribution in [0.1, 0.15) is 45.6 Å². The van der Waals surface area contributed by atoms with Crippen molar-refractivity contribution in [3.05, 3.63) is 48.0 Å². The summed E-state index contributed by atoms with van der Waals surface area (Å²) in [5.74, 6) is -6.07. The van der Waals surface area contributed by atoms with Gasteiger partial charge in [0, 0.05) is 25.7 Å². The van der Waals surface area contributed by atoms with Crippen LogP contribution in [-0.2, 0) is 35.0 Å². The molecule has 0 saturated carbocycles. The number of esters is 1. The zero-order chi connectivity index (χ0) is 26.2. The summed E-state index contributed by atoms with van der Waals surface area (Å²) in [5, 5.41) is 41.0. The SMILES string of the molecule is C=C(CCC12OC(C)C(O)(C(=O)O)C(C(=O)O)(C[C@H]1O)O2)[C@@H](OC(C)=O)[C@H](C)Cc1ccccc1. The quantitative estimate of drug-likeness (QED) is 0.279. The van der Waals surface area contributed by atoms with Gasteiger partial charge in [0.25, 0.3) is 0 Å². The van der Waals surface area contributed by atoms with Gasteiger partial charge in [-0.25, -0.2) is 9.59 Å². The van der Waals surface area contributed by atoms with E-state index in [9.17, 15) is 34.8 Å². The van der Waals surface area contributed by atoms with Gasteiger partial charge in [0.2, 0.25) is 11.2 Å². The fraction of sp³-hybridized carbons (Fsp3) is 0.560. The topological polar surface area (TPSA) is 160 Å². The molecule has 192 valence electrons. The van der Waals surface area contributed by atoms with Gasteiger partial charge in [-0.3, -0.25) is 4.79 Å². The van der Waals surface area contributed by atoms with Crippen molar-refractivity contribution in [2.45, 2.75) is 81.8 Å². The molecular formula is C25H32O10. The average Bonchev–Trinajstić information content (AvgIpc) is 3.05. The first-order chi connectivity index (χ1) is 16.3. The van der Waals surface area contributed by atoms with Crippen LogP contribution in [0, 0.1) is 5.92 Å². The number of aliphatic hydroxyl groups is 2. The Kier molecular flexibility index (Phi) is 7.42. The van der Waals surface area contributed by atoms with E-state index < -0.39 is 59.6 Å². The number of carboxylic acid groups (broad SMARTS) is 2. The Morgan fingerprint density at radius 1 is 1.20 bits per heavy atom. The molecule has 0 amide bonds. The van der Waals surface area contributed by atoms with Gasteiger partial charge in [-0.1, -0.05) is 43.8 Å². The highest BCUT2D eigenvalue weighted by molar-refractivity contribution is 5.92. The summed E-state index contributed by atoms with van der Waals surface area (Å²) in [4.78, 5) is 35.8. The molecule has 4 N–H and O–H groups in total. The fourth-order valence-corrected chi connectivity index (χ4v) is 5.15. The minimum atomic E-state index is -2.92. The molecule has 2 aliphatic heterocycles. The van der Waals surface area contributed by atoms with Gasteiger partial charge < -0.3 is 34.6 Å². The molecule has 35 heavy (non-hydrogen) atoms. The number of aliphatic hydroxyl groups excluding tert-OH is 1. The molecule has 2 aliphatic rings. The number of carbonyl (C=O) groups is 3. The van der Waals surface area contributed by atoms with E-state index in [1.807, 2.05) is 37.3 Å². The summed E-state index contributed by atoms with van der Waals surface area (Å²) in [6.07, 6.45) is -3.78. The van der Waals surface area contributed by atoms with Crippen LogP contribution in [0.15, 0.2) is 42.5 Å². The Bertz CT molecular complexity index is 993. The van der Waals surface area contributed by atoms with E-state index in [0.717, 1.165) is 5.56 Å². The van der Waals surface area contributed by atoms with Gasteiger partial charge in [0.05, 0.1) is 0 Å². The average molecular weight is 493 g/mol. The number of carboxylic acids is 2. The van der Waals surface area contributed by atoms with Crippen molar-refractivity contribution in [2.24, 2.45) is 5.92 Å². The van der Waals surface area contributed by atoms with Gasteiger partial charge in [0.15, 0.2) is 5.79 Å². The highest BCUT2D eigenvalue weighted by atomic mass is 16.8. The van der Waals surface area contributed by atoms with Gasteiger partial charge in [-0.15, -0.1) is 0 Å². The number of ether oxygens (including phenoxy) is 3. The number of rotatable bonds is 10. The van der Waals surface area contributed by atoms with Crippen LogP contribution in [0.5, 0.6) is 0 Å².